The van der Waals surface area contributed by atoms with Crippen molar-refractivity contribution in [3.05, 3.63) is 23.8 Å². The molecule has 1 aliphatic rings. The molecule has 1 saturated carbocycles. The molecule has 0 aliphatic heterocycles. The lowest BCUT2D eigenvalue weighted by Crippen LogP contribution is -2.27. The summed E-state index contributed by atoms with van der Waals surface area (Å²) >= 11 is 0. The SMILES string of the molecule is CCC1CCCC(Nc2cc(N)ccc2C(=O)O)C1. The van der Waals surface area contributed by atoms with Gasteiger partial charge in [-0.2, -0.15) is 0 Å². The fourth-order valence-corrected chi connectivity index (χ4v) is 2.88. The smallest absolute Gasteiger partial charge is 0.337 e. The molecule has 19 heavy (non-hydrogen) atoms. The van der Waals surface area contributed by atoms with Crippen molar-refractivity contribution in [3.8, 4) is 0 Å². The number of aromatic carboxylic acids is 1. The van der Waals surface area contributed by atoms with E-state index in [0.717, 1.165) is 18.8 Å². The van der Waals surface area contributed by atoms with Crippen LogP contribution in [0.5, 0.6) is 0 Å². The first kappa shape index (κ1) is 13.7. The zero-order valence-corrected chi connectivity index (χ0v) is 11.4. The Morgan fingerprint density at radius 1 is 1.47 bits per heavy atom. The Balaban J connectivity index is 2.13. The van der Waals surface area contributed by atoms with Crippen LogP contribution < -0.4 is 11.1 Å². The Morgan fingerprint density at radius 2 is 2.26 bits per heavy atom. The Kier molecular flexibility index (Phi) is 4.30. The van der Waals surface area contributed by atoms with Crippen LogP contribution >= 0.6 is 0 Å². The van der Waals surface area contributed by atoms with Gasteiger partial charge in [-0.1, -0.05) is 26.2 Å². The van der Waals surface area contributed by atoms with Gasteiger partial charge in [-0.15, -0.1) is 0 Å². The van der Waals surface area contributed by atoms with Crippen LogP contribution in [-0.2, 0) is 0 Å². The lowest BCUT2D eigenvalue weighted by Gasteiger charge is -2.30. The average Bonchev–Trinajstić information content (AvgIpc) is 2.38. The van der Waals surface area contributed by atoms with E-state index in [1.165, 1.54) is 19.3 Å². The molecule has 1 aromatic rings. The van der Waals surface area contributed by atoms with Gasteiger partial charge in [0.15, 0.2) is 0 Å². The summed E-state index contributed by atoms with van der Waals surface area (Å²) in [4.78, 5) is 11.2. The molecular weight excluding hydrogens is 240 g/mol. The molecule has 0 spiro atoms. The maximum absolute atomic E-state index is 11.2. The van der Waals surface area contributed by atoms with Gasteiger partial charge in [0.1, 0.15) is 0 Å². The van der Waals surface area contributed by atoms with Crippen LogP contribution in [0.4, 0.5) is 11.4 Å². The second-order valence-corrected chi connectivity index (χ2v) is 5.39. The van der Waals surface area contributed by atoms with Crippen molar-refractivity contribution in [2.75, 3.05) is 11.1 Å². The molecule has 1 aliphatic carbocycles. The number of hydrogen-bond donors (Lipinski definition) is 3. The summed E-state index contributed by atoms with van der Waals surface area (Å²) in [7, 11) is 0. The van der Waals surface area contributed by atoms with Gasteiger partial charge in [0, 0.05) is 11.7 Å². The minimum atomic E-state index is -0.912. The summed E-state index contributed by atoms with van der Waals surface area (Å²) in [5.74, 6) is -0.161. The lowest BCUT2D eigenvalue weighted by molar-refractivity contribution is 0.0698. The summed E-state index contributed by atoms with van der Waals surface area (Å²) in [6.07, 6.45) is 5.91. The molecule has 4 nitrogen and oxygen atoms in total. The Hall–Kier alpha value is -1.71. The van der Waals surface area contributed by atoms with Crippen molar-refractivity contribution in [1.29, 1.82) is 0 Å². The maximum atomic E-state index is 11.2. The van der Waals surface area contributed by atoms with Crippen LogP contribution in [0.1, 0.15) is 49.4 Å². The summed E-state index contributed by atoms with van der Waals surface area (Å²) in [5.41, 5.74) is 7.29. The van der Waals surface area contributed by atoms with Gasteiger partial charge in [-0.05, 0) is 37.0 Å². The highest BCUT2D eigenvalue weighted by Gasteiger charge is 2.22. The van der Waals surface area contributed by atoms with Gasteiger partial charge < -0.3 is 16.2 Å². The van der Waals surface area contributed by atoms with Gasteiger partial charge >= 0.3 is 5.97 Å². The highest BCUT2D eigenvalue weighted by atomic mass is 16.4. The molecule has 4 heteroatoms. The molecule has 0 saturated heterocycles. The van der Waals surface area contributed by atoms with Gasteiger partial charge in [-0.25, -0.2) is 4.79 Å². The second kappa shape index (κ2) is 5.95. The van der Waals surface area contributed by atoms with Crippen molar-refractivity contribution in [1.82, 2.24) is 0 Å². The Bertz CT molecular complexity index is 459. The van der Waals surface area contributed by atoms with E-state index in [0.29, 0.717) is 23.0 Å². The maximum Gasteiger partial charge on any atom is 0.337 e. The summed E-state index contributed by atoms with van der Waals surface area (Å²) in [6.45, 7) is 2.22. The zero-order chi connectivity index (χ0) is 13.8. The van der Waals surface area contributed by atoms with E-state index in [1.807, 2.05) is 0 Å². The second-order valence-electron chi connectivity index (χ2n) is 5.39. The fraction of sp³-hybridized carbons (Fsp3) is 0.533. The van der Waals surface area contributed by atoms with Crippen LogP contribution in [0, 0.1) is 5.92 Å². The molecule has 0 bridgehead atoms. The van der Waals surface area contributed by atoms with Crippen LogP contribution in [0.15, 0.2) is 18.2 Å². The molecule has 2 atom stereocenters. The van der Waals surface area contributed by atoms with Gasteiger partial charge in [0.2, 0.25) is 0 Å². The number of nitrogens with one attached hydrogen (secondary N) is 1. The summed E-state index contributed by atoms with van der Waals surface area (Å²) < 4.78 is 0. The molecule has 0 radical (unpaired) electrons. The lowest BCUT2D eigenvalue weighted by atomic mass is 9.84. The molecule has 4 N–H and O–H groups in total. The predicted octanol–water partition coefficient (Wildman–Crippen LogP) is 3.35. The summed E-state index contributed by atoms with van der Waals surface area (Å²) in [6, 6.07) is 5.28. The molecule has 0 amide bonds. The minimum Gasteiger partial charge on any atom is -0.478 e. The van der Waals surface area contributed by atoms with Crippen LogP contribution in [0.2, 0.25) is 0 Å². The predicted molar refractivity (Wildman–Crippen MR) is 77.5 cm³/mol. The van der Waals surface area contributed by atoms with Crippen LogP contribution in [0.25, 0.3) is 0 Å². The third-order valence-corrected chi connectivity index (χ3v) is 3.99. The molecule has 0 heterocycles. The van der Waals surface area contributed by atoms with E-state index < -0.39 is 5.97 Å². The van der Waals surface area contributed by atoms with E-state index in [1.54, 1.807) is 18.2 Å². The van der Waals surface area contributed by atoms with Crippen molar-refractivity contribution < 1.29 is 9.90 Å². The summed E-state index contributed by atoms with van der Waals surface area (Å²) in [5, 5.41) is 12.6. The van der Waals surface area contributed by atoms with E-state index >= 15 is 0 Å². The largest absolute Gasteiger partial charge is 0.478 e. The molecule has 2 rings (SSSR count). The number of carboxylic acids is 1. The van der Waals surface area contributed by atoms with Crippen LogP contribution in [-0.4, -0.2) is 17.1 Å². The van der Waals surface area contributed by atoms with Gasteiger partial charge in [0.05, 0.1) is 11.3 Å². The topological polar surface area (TPSA) is 75.3 Å². The third kappa shape index (κ3) is 3.40. The fourth-order valence-electron chi connectivity index (χ4n) is 2.88. The van der Waals surface area contributed by atoms with Gasteiger partial charge in [-0.3, -0.25) is 0 Å². The first-order valence-electron chi connectivity index (χ1n) is 6.99. The quantitative estimate of drug-likeness (QED) is 0.727. The number of carbonyl (C=O) groups is 1. The molecule has 1 aromatic carbocycles. The average molecular weight is 262 g/mol. The molecular formula is C15H22N2O2. The third-order valence-electron chi connectivity index (χ3n) is 3.99. The van der Waals surface area contributed by atoms with E-state index in [9.17, 15) is 9.90 Å². The number of anilines is 2. The zero-order valence-electron chi connectivity index (χ0n) is 11.4. The normalized spacial score (nSPS) is 23.0. The monoisotopic (exact) mass is 262 g/mol. The minimum absolute atomic E-state index is 0.299. The number of nitrogen functional groups attached to an aromatic ring is 1. The first-order valence-corrected chi connectivity index (χ1v) is 6.99. The molecule has 104 valence electrons. The van der Waals surface area contributed by atoms with E-state index in [4.69, 9.17) is 5.73 Å². The van der Waals surface area contributed by atoms with Crippen molar-refractivity contribution >= 4 is 17.3 Å². The number of hydrogen-bond acceptors (Lipinski definition) is 3. The standard InChI is InChI=1S/C15H22N2O2/c1-2-10-4-3-5-12(8-10)17-14-9-11(16)6-7-13(14)15(18)19/h6-7,9-10,12,17H,2-5,8,16H2,1H3,(H,18,19). The number of rotatable bonds is 4. The first-order chi connectivity index (χ1) is 9.10. The van der Waals surface area contributed by atoms with Crippen molar-refractivity contribution in [3.63, 3.8) is 0 Å². The number of nitrogens with two attached hydrogens (primary N) is 1. The van der Waals surface area contributed by atoms with Gasteiger partial charge in [0.25, 0.3) is 0 Å². The Labute approximate surface area is 114 Å². The number of carboxylic acid groups (broad SMARTS) is 1. The van der Waals surface area contributed by atoms with E-state index in [-0.39, 0.29) is 0 Å². The highest BCUT2D eigenvalue weighted by Crippen LogP contribution is 2.30. The van der Waals surface area contributed by atoms with Crippen LogP contribution in [0.3, 0.4) is 0 Å². The van der Waals surface area contributed by atoms with Crippen molar-refractivity contribution in [2.45, 2.75) is 45.1 Å². The van der Waals surface area contributed by atoms with Crippen molar-refractivity contribution in [2.24, 2.45) is 5.92 Å². The highest BCUT2D eigenvalue weighted by molar-refractivity contribution is 5.95. The van der Waals surface area contributed by atoms with E-state index in [2.05, 4.69) is 12.2 Å². The number of benzene rings is 1. The molecule has 1 fully saturated rings. The Morgan fingerprint density at radius 3 is 2.95 bits per heavy atom. The molecule has 2 unspecified atom stereocenters. The molecule has 0 aromatic heterocycles.